The van der Waals surface area contributed by atoms with Gasteiger partial charge in [0.1, 0.15) is 17.7 Å². The minimum absolute atomic E-state index is 0.0862. The molecular formula is C21H16ClFN2O2. The number of nitrogens with one attached hydrogen (secondary N) is 1. The van der Waals surface area contributed by atoms with Crippen LogP contribution in [0.4, 0.5) is 4.39 Å². The van der Waals surface area contributed by atoms with Crippen LogP contribution in [-0.2, 0) is 6.42 Å². The van der Waals surface area contributed by atoms with Gasteiger partial charge in [-0.25, -0.2) is 4.39 Å². The van der Waals surface area contributed by atoms with Crippen LogP contribution in [-0.4, -0.2) is 23.5 Å². The summed E-state index contributed by atoms with van der Waals surface area (Å²) in [5.74, 6) is -0.380. The Bertz CT molecular complexity index is 974. The zero-order chi connectivity index (χ0) is 18.8. The number of para-hydroxylation sites is 1. The highest BCUT2D eigenvalue weighted by Gasteiger charge is 2.26. The summed E-state index contributed by atoms with van der Waals surface area (Å²) in [5, 5.41) is 2.80. The Morgan fingerprint density at radius 3 is 2.74 bits per heavy atom. The van der Waals surface area contributed by atoms with Crippen LogP contribution in [0, 0.1) is 5.82 Å². The number of aromatic nitrogens is 1. The van der Waals surface area contributed by atoms with Crippen molar-refractivity contribution in [3.63, 3.8) is 0 Å². The van der Waals surface area contributed by atoms with Crippen molar-refractivity contribution in [2.24, 2.45) is 0 Å². The van der Waals surface area contributed by atoms with Crippen LogP contribution in [0.15, 0.2) is 60.9 Å². The van der Waals surface area contributed by atoms with Crippen molar-refractivity contribution in [2.45, 2.75) is 12.5 Å². The highest BCUT2D eigenvalue weighted by Crippen LogP contribution is 2.38. The van der Waals surface area contributed by atoms with Gasteiger partial charge in [0.2, 0.25) is 0 Å². The second-order valence-electron chi connectivity index (χ2n) is 6.28. The number of rotatable bonds is 4. The van der Waals surface area contributed by atoms with Crippen molar-refractivity contribution in [1.29, 1.82) is 0 Å². The van der Waals surface area contributed by atoms with Gasteiger partial charge in [-0.15, -0.1) is 0 Å². The van der Waals surface area contributed by atoms with Gasteiger partial charge < -0.3 is 10.1 Å². The summed E-state index contributed by atoms with van der Waals surface area (Å²) in [6.07, 6.45) is 3.91. The normalized spacial score (nSPS) is 15.1. The first kappa shape index (κ1) is 17.5. The summed E-state index contributed by atoms with van der Waals surface area (Å²) in [6, 6.07) is 14.0. The Balaban J connectivity index is 1.47. The van der Waals surface area contributed by atoms with Gasteiger partial charge in [-0.2, -0.15) is 0 Å². The van der Waals surface area contributed by atoms with Crippen molar-refractivity contribution >= 4 is 17.5 Å². The zero-order valence-electron chi connectivity index (χ0n) is 14.3. The van der Waals surface area contributed by atoms with E-state index < -0.39 is 11.7 Å². The van der Waals surface area contributed by atoms with Crippen LogP contribution in [0.2, 0.25) is 5.02 Å². The molecule has 1 atom stereocenters. The maximum Gasteiger partial charge on any atom is 0.255 e. The van der Waals surface area contributed by atoms with Gasteiger partial charge in [0.25, 0.3) is 5.91 Å². The Morgan fingerprint density at radius 1 is 1.19 bits per heavy atom. The Labute approximate surface area is 161 Å². The molecule has 0 aliphatic carbocycles. The van der Waals surface area contributed by atoms with Crippen molar-refractivity contribution in [2.75, 3.05) is 6.54 Å². The van der Waals surface area contributed by atoms with E-state index in [-0.39, 0.29) is 23.2 Å². The van der Waals surface area contributed by atoms with Crippen LogP contribution in [0.1, 0.15) is 15.9 Å². The van der Waals surface area contributed by atoms with Crippen LogP contribution in [0.3, 0.4) is 0 Å². The number of carbonyl (C=O) groups excluding carboxylic acids is 1. The molecule has 0 radical (unpaired) electrons. The van der Waals surface area contributed by atoms with E-state index in [1.54, 1.807) is 12.4 Å². The molecule has 27 heavy (non-hydrogen) atoms. The molecule has 0 saturated carbocycles. The van der Waals surface area contributed by atoms with Gasteiger partial charge in [-0.1, -0.05) is 35.9 Å². The van der Waals surface area contributed by atoms with E-state index in [9.17, 15) is 9.18 Å². The highest BCUT2D eigenvalue weighted by molar-refractivity contribution is 6.33. The molecule has 3 aromatic rings. The van der Waals surface area contributed by atoms with E-state index >= 15 is 0 Å². The molecule has 0 fully saturated rings. The summed E-state index contributed by atoms with van der Waals surface area (Å²) in [7, 11) is 0. The summed E-state index contributed by atoms with van der Waals surface area (Å²) >= 11 is 5.94. The molecule has 136 valence electrons. The van der Waals surface area contributed by atoms with Crippen LogP contribution < -0.4 is 10.1 Å². The van der Waals surface area contributed by atoms with Gasteiger partial charge in [-0.3, -0.25) is 9.78 Å². The molecular weight excluding hydrogens is 367 g/mol. The molecule has 1 unspecified atom stereocenters. The maximum absolute atomic E-state index is 13.9. The van der Waals surface area contributed by atoms with Crippen LogP contribution in [0.25, 0.3) is 11.1 Å². The minimum Gasteiger partial charge on any atom is -0.487 e. The summed E-state index contributed by atoms with van der Waals surface area (Å²) in [5.41, 5.74) is 2.94. The smallest absolute Gasteiger partial charge is 0.255 e. The quantitative estimate of drug-likeness (QED) is 0.733. The van der Waals surface area contributed by atoms with Crippen molar-refractivity contribution < 1.29 is 13.9 Å². The first-order valence-electron chi connectivity index (χ1n) is 8.54. The number of pyridine rings is 1. The lowest BCUT2D eigenvalue weighted by molar-refractivity contribution is 0.0930. The van der Waals surface area contributed by atoms with E-state index in [2.05, 4.69) is 10.3 Å². The predicted octanol–water partition coefficient (Wildman–Crippen LogP) is 4.27. The number of fused-ring (bicyclic) bond motifs is 1. The fourth-order valence-corrected chi connectivity index (χ4v) is 3.47. The lowest BCUT2D eigenvalue weighted by Gasteiger charge is -2.14. The zero-order valence-corrected chi connectivity index (χ0v) is 15.0. The van der Waals surface area contributed by atoms with E-state index in [0.29, 0.717) is 6.42 Å². The third-order valence-electron chi connectivity index (χ3n) is 4.50. The SMILES string of the molecule is O=C(NCC1Cc2cccc(-c3ccncc3)c2O1)c1c(F)cccc1Cl. The minimum atomic E-state index is -0.643. The standard InChI is InChI=1S/C21H16ClFN2O2/c22-17-5-2-6-18(23)19(17)21(26)25-12-15-11-14-3-1-4-16(20(14)27-15)13-7-9-24-10-8-13/h1-10,15H,11-12H2,(H,25,26). The van der Waals surface area contributed by atoms with Gasteiger partial charge in [0.15, 0.2) is 0 Å². The number of benzene rings is 2. The van der Waals surface area contributed by atoms with Crippen molar-refractivity contribution in [3.05, 3.63) is 82.9 Å². The Morgan fingerprint density at radius 2 is 1.96 bits per heavy atom. The molecule has 6 heteroatoms. The molecule has 0 spiro atoms. The average Bonchev–Trinajstić information content (AvgIpc) is 3.10. The molecule has 0 bridgehead atoms. The summed E-state index contributed by atoms with van der Waals surface area (Å²) in [6.45, 7) is 0.258. The van der Waals surface area contributed by atoms with Gasteiger partial charge in [0, 0.05) is 24.4 Å². The second-order valence-corrected chi connectivity index (χ2v) is 6.69. The predicted molar refractivity (Wildman–Crippen MR) is 102 cm³/mol. The third kappa shape index (κ3) is 3.51. The number of hydrogen-bond donors (Lipinski definition) is 1. The molecule has 2 heterocycles. The molecule has 1 N–H and O–H groups in total. The first-order chi connectivity index (χ1) is 13.1. The molecule has 4 rings (SSSR count). The van der Waals surface area contributed by atoms with E-state index in [1.165, 1.54) is 18.2 Å². The van der Waals surface area contributed by atoms with Crippen molar-refractivity contribution in [3.8, 4) is 16.9 Å². The number of halogens is 2. The van der Waals surface area contributed by atoms with E-state index in [4.69, 9.17) is 16.3 Å². The summed E-state index contributed by atoms with van der Waals surface area (Å²) in [4.78, 5) is 16.3. The van der Waals surface area contributed by atoms with E-state index in [0.717, 1.165) is 22.4 Å². The van der Waals surface area contributed by atoms with E-state index in [1.807, 2.05) is 30.3 Å². The molecule has 4 nitrogen and oxygen atoms in total. The third-order valence-corrected chi connectivity index (χ3v) is 4.82. The molecule has 0 saturated heterocycles. The molecule has 1 aliphatic heterocycles. The summed E-state index contributed by atoms with van der Waals surface area (Å²) < 4.78 is 20.0. The number of hydrogen-bond acceptors (Lipinski definition) is 3. The largest absolute Gasteiger partial charge is 0.487 e. The molecule has 1 amide bonds. The Kier molecular flexibility index (Phi) is 4.77. The highest BCUT2D eigenvalue weighted by atomic mass is 35.5. The van der Waals surface area contributed by atoms with Gasteiger partial charge in [0.05, 0.1) is 17.1 Å². The van der Waals surface area contributed by atoms with Gasteiger partial charge in [-0.05, 0) is 35.4 Å². The van der Waals surface area contributed by atoms with Crippen LogP contribution >= 0.6 is 11.6 Å². The molecule has 1 aliphatic rings. The number of nitrogens with zero attached hydrogens (tertiary/aromatic N) is 1. The molecule has 1 aromatic heterocycles. The number of amides is 1. The van der Waals surface area contributed by atoms with Crippen LogP contribution in [0.5, 0.6) is 5.75 Å². The second kappa shape index (κ2) is 7.37. The first-order valence-corrected chi connectivity index (χ1v) is 8.92. The van der Waals surface area contributed by atoms with Crippen molar-refractivity contribution in [1.82, 2.24) is 10.3 Å². The Hall–Kier alpha value is -2.92. The number of carbonyl (C=O) groups is 1. The monoisotopic (exact) mass is 382 g/mol. The fourth-order valence-electron chi connectivity index (χ4n) is 3.22. The number of ether oxygens (including phenoxy) is 1. The van der Waals surface area contributed by atoms with Gasteiger partial charge >= 0.3 is 0 Å². The molecule has 2 aromatic carbocycles. The lowest BCUT2D eigenvalue weighted by atomic mass is 10.0. The maximum atomic E-state index is 13.9. The topological polar surface area (TPSA) is 51.2 Å². The lowest BCUT2D eigenvalue weighted by Crippen LogP contribution is -2.35. The average molecular weight is 383 g/mol. The fraction of sp³-hybridized carbons (Fsp3) is 0.143.